The van der Waals surface area contributed by atoms with Crippen LogP contribution in [0, 0.1) is 0 Å². The average molecular weight is 217 g/mol. The molecule has 1 aliphatic rings. The number of hydrogen-bond acceptors (Lipinski definition) is 2. The molecular formula is C14H19NO. The van der Waals surface area contributed by atoms with Gasteiger partial charge in [-0.25, -0.2) is 0 Å². The summed E-state index contributed by atoms with van der Waals surface area (Å²) >= 11 is 0. The molecule has 0 aromatic heterocycles. The lowest BCUT2D eigenvalue weighted by atomic mass is 9.93. The van der Waals surface area contributed by atoms with E-state index in [1.807, 2.05) is 12.1 Å². The van der Waals surface area contributed by atoms with E-state index in [0.717, 1.165) is 38.2 Å². The molecule has 0 aliphatic carbocycles. The van der Waals surface area contributed by atoms with Crippen molar-refractivity contribution in [1.29, 1.82) is 0 Å². The Morgan fingerprint density at radius 3 is 2.94 bits per heavy atom. The molecule has 1 heterocycles. The molecule has 2 nitrogen and oxygen atoms in total. The van der Waals surface area contributed by atoms with Crippen LogP contribution < -0.4 is 5.73 Å². The van der Waals surface area contributed by atoms with Crippen LogP contribution in [-0.4, -0.2) is 13.2 Å². The van der Waals surface area contributed by atoms with Crippen molar-refractivity contribution in [1.82, 2.24) is 0 Å². The van der Waals surface area contributed by atoms with Crippen LogP contribution >= 0.6 is 0 Å². The fourth-order valence-corrected chi connectivity index (χ4v) is 2.21. The molecule has 2 N–H and O–H groups in total. The summed E-state index contributed by atoms with van der Waals surface area (Å²) in [4.78, 5) is 0. The lowest BCUT2D eigenvalue weighted by Gasteiger charge is -2.18. The van der Waals surface area contributed by atoms with E-state index in [0.29, 0.717) is 0 Å². The summed E-state index contributed by atoms with van der Waals surface area (Å²) in [6.07, 6.45) is 5.36. The van der Waals surface area contributed by atoms with Gasteiger partial charge in [0, 0.05) is 5.69 Å². The van der Waals surface area contributed by atoms with Gasteiger partial charge < -0.3 is 10.5 Å². The van der Waals surface area contributed by atoms with Gasteiger partial charge in [0.15, 0.2) is 0 Å². The number of hydrogen-bond donors (Lipinski definition) is 1. The maximum atomic E-state index is 6.06. The standard InChI is InChI=1S/C14H19NO/c1-2-4-13-12(5-3-6-14(13)15)11-7-9-16-10-8-11/h3,5-7H,2,4,8-10,15H2,1H3. The minimum absolute atomic E-state index is 0.732. The van der Waals surface area contributed by atoms with Crippen LogP contribution in [0.25, 0.3) is 5.57 Å². The average Bonchev–Trinajstić information content (AvgIpc) is 2.33. The van der Waals surface area contributed by atoms with E-state index >= 15 is 0 Å². The van der Waals surface area contributed by atoms with Crippen LogP contribution in [0.3, 0.4) is 0 Å². The van der Waals surface area contributed by atoms with Crippen LogP contribution in [0.2, 0.25) is 0 Å². The predicted molar refractivity (Wildman–Crippen MR) is 68.3 cm³/mol. The topological polar surface area (TPSA) is 35.2 Å². The molecular weight excluding hydrogens is 198 g/mol. The highest BCUT2D eigenvalue weighted by Crippen LogP contribution is 2.28. The molecule has 1 aromatic carbocycles. The molecule has 0 atom stereocenters. The quantitative estimate of drug-likeness (QED) is 0.790. The molecule has 1 aliphatic heterocycles. The number of ether oxygens (including phenoxy) is 1. The van der Waals surface area contributed by atoms with Crippen LogP contribution in [0.1, 0.15) is 30.9 Å². The van der Waals surface area contributed by atoms with Crippen molar-refractivity contribution < 1.29 is 4.74 Å². The van der Waals surface area contributed by atoms with Gasteiger partial charge in [-0.2, -0.15) is 0 Å². The molecule has 0 unspecified atom stereocenters. The van der Waals surface area contributed by atoms with Crippen LogP contribution in [-0.2, 0) is 11.2 Å². The molecule has 2 heteroatoms. The fourth-order valence-electron chi connectivity index (χ4n) is 2.21. The summed E-state index contributed by atoms with van der Waals surface area (Å²) in [6, 6.07) is 6.22. The third kappa shape index (κ3) is 2.27. The number of rotatable bonds is 3. The van der Waals surface area contributed by atoms with E-state index < -0.39 is 0 Å². The van der Waals surface area contributed by atoms with Gasteiger partial charge in [-0.3, -0.25) is 0 Å². The van der Waals surface area contributed by atoms with E-state index in [9.17, 15) is 0 Å². The first-order valence-corrected chi connectivity index (χ1v) is 5.97. The van der Waals surface area contributed by atoms with Crippen molar-refractivity contribution in [2.24, 2.45) is 0 Å². The molecule has 0 radical (unpaired) electrons. The van der Waals surface area contributed by atoms with Crippen molar-refractivity contribution in [3.8, 4) is 0 Å². The van der Waals surface area contributed by atoms with E-state index in [1.165, 1.54) is 16.7 Å². The Hall–Kier alpha value is -1.28. The first kappa shape index (κ1) is 11.2. The van der Waals surface area contributed by atoms with Gasteiger partial charge in [-0.15, -0.1) is 0 Å². The Balaban J connectivity index is 2.38. The second-order valence-electron chi connectivity index (χ2n) is 4.18. The molecule has 0 amide bonds. The van der Waals surface area contributed by atoms with Crippen LogP contribution in [0.5, 0.6) is 0 Å². The monoisotopic (exact) mass is 217 g/mol. The molecule has 0 bridgehead atoms. The van der Waals surface area contributed by atoms with Gasteiger partial charge in [0.05, 0.1) is 13.2 Å². The Labute approximate surface area is 97.1 Å². The zero-order valence-corrected chi connectivity index (χ0v) is 9.83. The van der Waals surface area contributed by atoms with E-state index in [4.69, 9.17) is 10.5 Å². The molecule has 1 aromatic rings. The van der Waals surface area contributed by atoms with Crippen molar-refractivity contribution in [2.45, 2.75) is 26.2 Å². The maximum absolute atomic E-state index is 6.06. The lowest BCUT2D eigenvalue weighted by Crippen LogP contribution is -2.06. The summed E-state index contributed by atoms with van der Waals surface area (Å²) in [5.74, 6) is 0. The zero-order valence-electron chi connectivity index (χ0n) is 9.83. The summed E-state index contributed by atoms with van der Waals surface area (Å²) in [5, 5.41) is 0. The molecule has 16 heavy (non-hydrogen) atoms. The highest BCUT2D eigenvalue weighted by Gasteiger charge is 2.11. The highest BCUT2D eigenvalue weighted by molar-refractivity contribution is 5.73. The number of anilines is 1. The van der Waals surface area contributed by atoms with E-state index in [-0.39, 0.29) is 0 Å². The van der Waals surface area contributed by atoms with Gasteiger partial charge >= 0.3 is 0 Å². The maximum Gasteiger partial charge on any atom is 0.0653 e. The van der Waals surface area contributed by atoms with Crippen LogP contribution in [0.15, 0.2) is 24.3 Å². The summed E-state index contributed by atoms with van der Waals surface area (Å²) in [6.45, 7) is 3.75. The number of nitrogens with two attached hydrogens (primary N) is 1. The van der Waals surface area contributed by atoms with E-state index in [1.54, 1.807) is 0 Å². The van der Waals surface area contributed by atoms with Gasteiger partial charge in [0.25, 0.3) is 0 Å². The number of benzene rings is 1. The molecule has 0 fully saturated rings. The Kier molecular flexibility index (Phi) is 3.62. The van der Waals surface area contributed by atoms with Gasteiger partial charge in [-0.1, -0.05) is 31.6 Å². The molecule has 2 rings (SSSR count). The largest absolute Gasteiger partial charge is 0.398 e. The van der Waals surface area contributed by atoms with Crippen molar-refractivity contribution >= 4 is 11.3 Å². The van der Waals surface area contributed by atoms with E-state index in [2.05, 4.69) is 19.1 Å². The Morgan fingerprint density at radius 2 is 2.25 bits per heavy atom. The van der Waals surface area contributed by atoms with Gasteiger partial charge in [-0.05, 0) is 35.6 Å². The van der Waals surface area contributed by atoms with Gasteiger partial charge in [0.2, 0.25) is 0 Å². The molecule has 0 spiro atoms. The first-order valence-electron chi connectivity index (χ1n) is 5.97. The lowest BCUT2D eigenvalue weighted by molar-refractivity contribution is 0.161. The summed E-state index contributed by atoms with van der Waals surface area (Å²) in [5.41, 5.74) is 11.0. The summed E-state index contributed by atoms with van der Waals surface area (Å²) < 4.78 is 5.34. The summed E-state index contributed by atoms with van der Waals surface area (Å²) in [7, 11) is 0. The third-order valence-corrected chi connectivity index (χ3v) is 3.02. The smallest absolute Gasteiger partial charge is 0.0653 e. The Morgan fingerprint density at radius 1 is 1.38 bits per heavy atom. The van der Waals surface area contributed by atoms with Gasteiger partial charge in [0.1, 0.15) is 0 Å². The molecule has 0 saturated carbocycles. The molecule has 86 valence electrons. The second kappa shape index (κ2) is 5.17. The number of nitrogen functional groups attached to an aromatic ring is 1. The van der Waals surface area contributed by atoms with Crippen LogP contribution in [0.4, 0.5) is 5.69 Å². The van der Waals surface area contributed by atoms with Crippen molar-refractivity contribution in [3.63, 3.8) is 0 Å². The zero-order chi connectivity index (χ0) is 11.4. The third-order valence-electron chi connectivity index (χ3n) is 3.02. The molecule has 0 saturated heterocycles. The minimum atomic E-state index is 0.732. The highest BCUT2D eigenvalue weighted by atomic mass is 16.5. The minimum Gasteiger partial charge on any atom is -0.398 e. The van der Waals surface area contributed by atoms with Crippen molar-refractivity contribution in [3.05, 3.63) is 35.4 Å². The second-order valence-corrected chi connectivity index (χ2v) is 4.18. The SMILES string of the molecule is CCCc1c(N)cccc1C1=CCOCC1. The van der Waals surface area contributed by atoms with Crippen molar-refractivity contribution in [2.75, 3.05) is 18.9 Å². The predicted octanol–water partition coefficient (Wildman–Crippen LogP) is 3.03. The fraction of sp³-hybridized carbons (Fsp3) is 0.429. The normalized spacial score (nSPS) is 15.9. The Bertz CT molecular complexity index is 396. The first-order chi connectivity index (χ1) is 7.83.